The Labute approximate surface area is 171 Å². The van der Waals surface area contributed by atoms with Crippen molar-refractivity contribution in [3.8, 4) is 0 Å². The van der Waals surface area contributed by atoms with Gasteiger partial charge in [0.15, 0.2) is 5.96 Å². The van der Waals surface area contributed by atoms with Crippen LogP contribution in [0, 0.1) is 0 Å². The third-order valence-electron chi connectivity index (χ3n) is 4.70. The third kappa shape index (κ3) is 5.39. The topological polar surface area (TPSA) is 68.8 Å². The number of nitrogens with zero attached hydrogens (tertiary/aromatic N) is 2. The second-order valence-electron chi connectivity index (χ2n) is 6.65. The van der Waals surface area contributed by atoms with Crippen molar-refractivity contribution >= 4 is 29.2 Å². The highest BCUT2D eigenvalue weighted by Crippen LogP contribution is 2.19. The average molecular weight is 400 g/mol. The van der Waals surface area contributed by atoms with Crippen LogP contribution in [-0.4, -0.2) is 51.1 Å². The van der Waals surface area contributed by atoms with E-state index in [-0.39, 0.29) is 5.91 Å². The van der Waals surface area contributed by atoms with E-state index in [2.05, 4.69) is 50.1 Å². The van der Waals surface area contributed by atoms with E-state index in [4.69, 9.17) is 11.6 Å². The molecule has 0 saturated carbocycles. The maximum Gasteiger partial charge on any atom is 0.252 e. The van der Waals surface area contributed by atoms with Gasteiger partial charge in [-0.25, -0.2) is 0 Å². The van der Waals surface area contributed by atoms with Crippen molar-refractivity contribution in [3.63, 3.8) is 0 Å². The largest absolute Gasteiger partial charge is 0.369 e. The summed E-state index contributed by atoms with van der Waals surface area (Å²) in [6, 6.07) is 17.8. The van der Waals surface area contributed by atoms with Crippen LogP contribution in [0.3, 0.4) is 0 Å². The number of para-hydroxylation sites is 1. The van der Waals surface area contributed by atoms with Crippen LogP contribution >= 0.6 is 11.6 Å². The standard InChI is InChI=1S/C21H26ClN5O/c1-23-21(25-13-12-24-20(28)18-9-5-6-10-19(18)22)26-16-11-14-27(15-16)17-7-3-2-4-8-17/h2-10,16H,11-15H2,1H3,(H,24,28)(H2,23,25,26). The van der Waals surface area contributed by atoms with Gasteiger partial charge in [-0.2, -0.15) is 0 Å². The van der Waals surface area contributed by atoms with Gasteiger partial charge in [0, 0.05) is 45.0 Å². The van der Waals surface area contributed by atoms with Crippen LogP contribution in [0.15, 0.2) is 59.6 Å². The minimum atomic E-state index is -0.176. The molecule has 0 aromatic heterocycles. The number of hydrogen-bond donors (Lipinski definition) is 3. The highest BCUT2D eigenvalue weighted by atomic mass is 35.5. The van der Waals surface area contributed by atoms with Crippen molar-refractivity contribution in [3.05, 3.63) is 65.2 Å². The summed E-state index contributed by atoms with van der Waals surface area (Å²) in [7, 11) is 1.75. The first-order chi connectivity index (χ1) is 13.7. The summed E-state index contributed by atoms with van der Waals surface area (Å²) in [6.07, 6.45) is 1.05. The Morgan fingerprint density at radius 2 is 1.82 bits per heavy atom. The van der Waals surface area contributed by atoms with E-state index in [0.29, 0.717) is 29.7 Å². The van der Waals surface area contributed by atoms with Crippen molar-refractivity contribution in [1.82, 2.24) is 16.0 Å². The van der Waals surface area contributed by atoms with Gasteiger partial charge < -0.3 is 20.9 Å². The van der Waals surface area contributed by atoms with E-state index >= 15 is 0 Å². The van der Waals surface area contributed by atoms with Crippen LogP contribution in [0.1, 0.15) is 16.8 Å². The highest BCUT2D eigenvalue weighted by Gasteiger charge is 2.23. The summed E-state index contributed by atoms with van der Waals surface area (Å²) in [5.41, 5.74) is 1.73. The molecule has 1 aliphatic rings. The third-order valence-corrected chi connectivity index (χ3v) is 5.03. The van der Waals surface area contributed by atoms with Crippen molar-refractivity contribution in [1.29, 1.82) is 0 Å². The molecule has 28 heavy (non-hydrogen) atoms. The predicted octanol–water partition coefficient (Wildman–Crippen LogP) is 2.51. The van der Waals surface area contributed by atoms with Crippen LogP contribution in [0.5, 0.6) is 0 Å². The molecule has 6 nitrogen and oxygen atoms in total. The minimum Gasteiger partial charge on any atom is -0.369 e. The fourth-order valence-corrected chi connectivity index (χ4v) is 3.46. The molecule has 1 atom stereocenters. The molecule has 0 radical (unpaired) electrons. The Kier molecular flexibility index (Phi) is 7.14. The minimum absolute atomic E-state index is 0.176. The van der Waals surface area contributed by atoms with Gasteiger partial charge in [-0.05, 0) is 30.7 Å². The lowest BCUT2D eigenvalue weighted by Crippen LogP contribution is -2.46. The lowest BCUT2D eigenvalue weighted by Gasteiger charge is -2.20. The molecule has 1 fully saturated rings. The van der Waals surface area contributed by atoms with Crippen LogP contribution in [0.4, 0.5) is 5.69 Å². The quantitative estimate of drug-likeness (QED) is 0.396. The SMILES string of the molecule is CN=C(NCCNC(=O)c1ccccc1Cl)NC1CCN(c2ccccc2)C1. The fraction of sp³-hybridized carbons (Fsp3) is 0.333. The van der Waals surface area contributed by atoms with Gasteiger partial charge in [-0.3, -0.25) is 9.79 Å². The summed E-state index contributed by atoms with van der Waals surface area (Å²) in [4.78, 5) is 18.8. The van der Waals surface area contributed by atoms with Crippen molar-refractivity contribution < 1.29 is 4.79 Å². The summed E-state index contributed by atoms with van der Waals surface area (Å²) in [5.74, 6) is 0.566. The van der Waals surface area contributed by atoms with Crippen molar-refractivity contribution in [2.45, 2.75) is 12.5 Å². The molecule has 1 aliphatic heterocycles. The molecule has 2 aromatic rings. The second-order valence-corrected chi connectivity index (χ2v) is 7.05. The van der Waals surface area contributed by atoms with Gasteiger partial charge in [0.2, 0.25) is 0 Å². The van der Waals surface area contributed by atoms with Gasteiger partial charge in [0.1, 0.15) is 0 Å². The summed E-state index contributed by atoms with van der Waals surface area (Å²) in [5, 5.41) is 10.0. The summed E-state index contributed by atoms with van der Waals surface area (Å²) in [6.45, 7) is 3.01. The normalized spacial score (nSPS) is 16.7. The van der Waals surface area contributed by atoms with Crippen LogP contribution in [-0.2, 0) is 0 Å². The van der Waals surface area contributed by atoms with Crippen molar-refractivity contribution in [2.75, 3.05) is 38.1 Å². The number of halogens is 1. The molecule has 3 N–H and O–H groups in total. The van der Waals surface area contributed by atoms with Gasteiger partial charge in [0.25, 0.3) is 5.91 Å². The van der Waals surface area contributed by atoms with E-state index in [1.807, 2.05) is 6.07 Å². The number of guanidine groups is 1. The maximum absolute atomic E-state index is 12.2. The lowest BCUT2D eigenvalue weighted by atomic mass is 10.2. The number of rotatable bonds is 6. The molecule has 3 rings (SSSR count). The number of anilines is 1. The Hall–Kier alpha value is -2.73. The first-order valence-corrected chi connectivity index (χ1v) is 9.85. The first kappa shape index (κ1) is 20.0. The number of aliphatic imine (C=N–C) groups is 1. The summed E-state index contributed by atoms with van der Waals surface area (Å²) >= 11 is 6.05. The Morgan fingerprint density at radius 3 is 2.57 bits per heavy atom. The van der Waals surface area contributed by atoms with Crippen LogP contribution in [0.2, 0.25) is 5.02 Å². The zero-order valence-electron chi connectivity index (χ0n) is 16.0. The Morgan fingerprint density at radius 1 is 1.11 bits per heavy atom. The lowest BCUT2D eigenvalue weighted by molar-refractivity contribution is 0.0954. The van der Waals surface area contributed by atoms with E-state index in [1.165, 1.54) is 5.69 Å². The molecule has 7 heteroatoms. The molecule has 2 aromatic carbocycles. The molecule has 0 aliphatic carbocycles. The molecular weight excluding hydrogens is 374 g/mol. The highest BCUT2D eigenvalue weighted by molar-refractivity contribution is 6.33. The molecule has 1 saturated heterocycles. The second kappa shape index (κ2) is 9.99. The Balaban J connectivity index is 1.39. The zero-order chi connectivity index (χ0) is 19.8. The molecule has 148 valence electrons. The van der Waals surface area contributed by atoms with Gasteiger partial charge in [0.05, 0.1) is 10.6 Å². The number of benzene rings is 2. The molecule has 0 bridgehead atoms. The van der Waals surface area contributed by atoms with Crippen LogP contribution < -0.4 is 20.9 Å². The van der Waals surface area contributed by atoms with Gasteiger partial charge in [-0.15, -0.1) is 0 Å². The number of hydrogen-bond acceptors (Lipinski definition) is 3. The number of nitrogens with one attached hydrogen (secondary N) is 3. The first-order valence-electron chi connectivity index (χ1n) is 9.47. The van der Waals surface area contributed by atoms with Gasteiger partial charge in [-0.1, -0.05) is 41.9 Å². The van der Waals surface area contributed by atoms with Crippen molar-refractivity contribution in [2.24, 2.45) is 4.99 Å². The molecule has 1 heterocycles. The smallest absolute Gasteiger partial charge is 0.252 e. The van der Waals surface area contributed by atoms with Crippen LogP contribution in [0.25, 0.3) is 0 Å². The average Bonchev–Trinajstić information content (AvgIpc) is 3.19. The number of carbonyl (C=O) groups is 1. The molecular formula is C21H26ClN5O. The maximum atomic E-state index is 12.2. The summed E-state index contributed by atoms with van der Waals surface area (Å²) < 4.78 is 0. The monoisotopic (exact) mass is 399 g/mol. The molecule has 1 amide bonds. The van der Waals surface area contributed by atoms with E-state index in [0.717, 1.165) is 25.5 Å². The molecule has 1 unspecified atom stereocenters. The molecule has 0 spiro atoms. The zero-order valence-corrected chi connectivity index (χ0v) is 16.7. The fourth-order valence-electron chi connectivity index (χ4n) is 3.24. The number of carbonyl (C=O) groups excluding carboxylic acids is 1. The predicted molar refractivity (Wildman–Crippen MR) is 115 cm³/mol. The van der Waals surface area contributed by atoms with E-state index < -0.39 is 0 Å². The van der Waals surface area contributed by atoms with Gasteiger partial charge >= 0.3 is 0 Å². The van der Waals surface area contributed by atoms with E-state index in [1.54, 1.807) is 31.3 Å². The Bertz CT molecular complexity index is 811. The van der Waals surface area contributed by atoms with E-state index in [9.17, 15) is 4.79 Å². The number of amides is 1.